The lowest BCUT2D eigenvalue weighted by molar-refractivity contribution is 0.105. The zero-order valence-electron chi connectivity index (χ0n) is 15.8. The Balaban J connectivity index is 1.74. The van der Waals surface area contributed by atoms with Gasteiger partial charge in [0.05, 0.1) is 17.0 Å². The van der Waals surface area contributed by atoms with Crippen LogP contribution in [0.15, 0.2) is 60.7 Å². The highest BCUT2D eigenvalue weighted by atomic mass is 35.5. The highest BCUT2D eigenvalue weighted by Gasteiger charge is 2.08. The van der Waals surface area contributed by atoms with E-state index in [1.165, 1.54) is 16.2 Å². The summed E-state index contributed by atoms with van der Waals surface area (Å²) in [5, 5.41) is 0.561. The lowest BCUT2D eigenvalue weighted by Crippen LogP contribution is -1.99. The molecule has 1 heterocycles. The quantitative estimate of drug-likeness (QED) is 0.315. The second-order valence-electron chi connectivity index (χ2n) is 6.11. The number of thiophene rings is 1. The topological polar surface area (TPSA) is 35.5 Å². The van der Waals surface area contributed by atoms with Crippen LogP contribution < -0.4 is 9.47 Å². The summed E-state index contributed by atoms with van der Waals surface area (Å²) in [5.74, 6) is 1.35. The minimum absolute atomic E-state index is 0.00869. The molecule has 0 aliphatic rings. The third kappa shape index (κ3) is 5.03. The number of hydrogen-bond donors (Lipinski definition) is 0. The number of allylic oxidation sites excluding steroid dienone is 1. The molecule has 2 aromatic carbocycles. The molecule has 0 radical (unpaired) electrons. The summed E-state index contributed by atoms with van der Waals surface area (Å²) in [5.41, 5.74) is 1.78. The van der Waals surface area contributed by atoms with E-state index >= 15 is 0 Å². The van der Waals surface area contributed by atoms with Crippen molar-refractivity contribution in [2.24, 2.45) is 0 Å². The first-order valence-corrected chi connectivity index (χ1v) is 10.2. The number of carbonyl (C=O) groups excluding carboxylic acids is 1. The van der Waals surface area contributed by atoms with E-state index in [1.807, 2.05) is 54.6 Å². The van der Waals surface area contributed by atoms with E-state index in [0.29, 0.717) is 17.4 Å². The van der Waals surface area contributed by atoms with Crippen molar-refractivity contribution < 1.29 is 14.3 Å². The van der Waals surface area contributed by atoms with E-state index in [0.717, 1.165) is 28.2 Å². The van der Waals surface area contributed by atoms with Crippen LogP contribution in [0.5, 0.6) is 11.5 Å². The van der Waals surface area contributed by atoms with Gasteiger partial charge in [-0.15, -0.1) is 11.3 Å². The number of para-hydroxylation sites is 1. The van der Waals surface area contributed by atoms with Gasteiger partial charge in [0, 0.05) is 10.4 Å². The van der Waals surface area contributed by atoms with Gasteiger partial charge in [0.25, 0.3) is 0 Å². The van der Waals surface area contributed by atoms with Gasteiger partial charge in [-0.1, -0.05) is 42.8 Å². The largest absolute Gasteiger partial charge is 0.496 e. The molecule has 0 fully saturated rings. The highest BCUT2D eigenvalue weighted by Crippen LogP contribution is 2.27. The molecule has 3 rings (SSSR count). The maximum Gasteiger partial charge on any atom is 0.195 e. The number of methoxy groups -OCH3 is 1. The number of ether oxygens (including phenoxy) is 2. The maximum atomic E-state index is 12.4. The van der Waals surface area contributed by atoms with Crippen LogP contribution in [0, 0.1) is 0 Å². The zero-order chi connectivity index (χ0) is 19.9. The van der Waals surface area contributed by atoms with E-state index in [-0.39, 0.29) is 5.78 Å². The van der Waals surface area contributed by atoms with Gasteiger partial charge < -0.3 is 9.47 Å². The van der Waals surface area contributed by atoms with E-state index in [9.17, 15) is 4.79 Å². The SMILES string of the molecule is CCc1ccc(C(=O)/C=C/c2ccc(OC)c(COc3ccccc3Cl)c2)s1. The van der Waals surface area contributed by atoms with Gasteiger partial charge in [0.1, 0.15) is 18.1 Å². The maximum absolute atomic E-state index is 12.4. The average molecular weight is 413 g/mol. The molecular weight excluding hydrogens is 392 g/mol. The Hall–Kier alpha value is -2.56. The van der Waals surface area contributed by atoms with Gasteiger partial charge in [0.2, 0.25) is 0 Å². The molecule has 28 heavy (non-hydrogen) atoms. The molecule has 0 unspecified atom stereocenters. The van der Waals surface area contributed by atoms with Gasteiger partial charge in [-0.05, 0) is 54.5 Å². The Morgan fingerprint density at radius 3 is 2.64 bits per heavy atom. The molecule has 0 amide bonds. The predicted molar refractivity (Wildman–Crippen MR) is 116 cm³/mol. The lowest BCUT2D eigenvalue weighted by Gasteiger charge is -2.12. The predicted octanol–water partition coefficient (Wildman–Crippen LogP) is 6.45. The van der Waals surface area contributed by atoms with Crippen molar-refractivity contribution in [1.29, 1.82) is 0 Å². The summed E-state index contributed by atoms with van der Waals surface area (Å²) in [6.07, 6.45) is 4.35. The Bertz CT molecular complexity index is 991. The molecule has 0 N–H and O–H groups in total. The van der Waals surface area contributed by atoms with Crippen LogP contribution in [-0.2, 0) is 13.0 Å². The molecule has 0 bridgehead atoms. The molecule has 3 nitrogen and oxygen atoms in total. The fourth-order valence-electron chi connectivity index (χ4n) is 2.69. The van der Waals surface area contributed by atoms with Gasteiger partial charge in [0.15, 0.2) is 5.78 Å². The molecule has 0 saturated carbocycles. The number of hydrogen-bond acceptors (Lipinski definition) is 4. The van der Waals surface area contributed by atoms with E-state index in [4.69, 9.17) is 21.1 Å². The fraction of sp³-hybridized carbons (Fsp3) is 0.174. The molecule has 1 aromatic heterocycles. The van der Waals surface area contributed by atoms with Crippen molar-refractivity contribution in [2.45, 2.75) is 20.0 Å². The van der Waals surface area contributed by atoms with E-state index in [2.05, 4.69) is 6.92 Å². The Labute approximate surface area is 174 Å². The summed E-state index contributed by atoms with van der Waals surface area (Å²) in [6, 6.07) is 17.0. The summed E-state index contributed by atoms with van der Waals surface area (Å²) >= 11 is 7.69. The van der Waals surface area contributed by atoms with Crippen LogP contribution in [0.25, 0.3) is 6.08 Å². The number of benzene rings is 2. The molecule has 0 saturated heterocycles. The monoisotopic (exact) mass is 412 g/mol. The van der Waals surface area contributed by atoms with Crippen LogP contribution in [0.2, 0.25) is 5.02 Å². The van der Waals surface area contributed by atoms with Crippen LogP contribution in [0.4, 0.5) is 0 Å². The fourth-order valence-corrected chi connectivity index (χ4v) is 3.74. The molecule has 3 aromatic rings. The molecule has 0 atom stereocenters. The standard InChI is InChI=1S/C23H21ClO3S/c1-3-18-10-13-23(28-18)20(25)11-8-16-9-12-21(26-2)17(14-16)15-27-22-7-5-4-6-19(22)24/h4-14H,3,15H2,1-2H3/b11-8+. The Morgan fingerprint density at radius 1 is 1.11 bits per heavy atom. The van der Waals surface area contributed by atoms with Crippen molar-refractivity contribution in [2.75, 3.05) is 7.11 Å². The number of halogens is 1. The Kier molecular flexibility index (Phi) is 6.90. The van der Waals surface area contributed by atoms with E-state index < -0.39 is 0 Å². The van der Waals surface area contributed by atoms with Gasteiger partial charge >= 0.3 is 0 Å². The van der Waals surface area contributed by atoms with Crippen LogP contribution >= 0.6 is 22.9 Å². The number of carbonyl (C=O) groups is 1. The second-order valence-corrected chi connectivity index (χ2v) is 7.68. The van der Waals surface area contributed by atoms with Gasteiger partial charge in [-0.3, -0.25) is 4.79 Å². The summed E-state index contributed by atoms with van der Waals surface area (Å²) in [6.45, 7) is 2.40. The minimum Gasteiger partial charge on any atom is -0.496 e. The van der Waals surface area contributed by atoms with Crippen molar-refractivity contribution in [3.63, 3.8) is 0 Å². The van der Waals surface area contributed by atoms with E-state index in [1.54, 1.807) is 19.3 Å². The molecule has 144 valence electrons. The Morgan fingerprint density at radius 2 is 1.93 bits per heavy atom. The van der Waals surface area contributed by atoms with Crippen molar-refractivity contribution >= 4 is 34.8 Å². The van der Waals surface area contributed by atoms with Crippen molar-refractivity contribution in [3.05, 3.63) is 86.6 Å². The zero-order valence-corrected chi connectivity index (χ0v) is 17.3. The third-order valence-electron chi connectivity index (χ3n) is 4.20. The first-order chi connectivity index (χ1) is 13.6. The van der Waals surface area contributed by atoms with Gasteiger partial charge in [-0.25, -0.2) is 0 Å². The second kappa shape index (κ2) is 9.58. The first kappa shape index (κ1) is 20.2. The van der Waals surface area contributed by atoms with Crippen molar-refractivity contribution in [3.8, 4) is 11.5 Å². The molecule has 0 aliphatic heterocycles. The smallest absolute Gasteiger partial charge is 0.195 e. The average Bonchev–Trinajstić information content (AvgIpc) is 3.21. The number of ketones is 1. The highest BCUT2D eigenvalue weighted by molar-refractivity contribution is 7.14. The molecule has 0 aliphatic carbocycles. The molecular formula is C23H21ClO3S. The molecule has 5 heteroatoms. The third-order valence-corrected chi connectivity index (χ3v) is 5.76. The normalized spacial score (nSPS) is 11.0. The lowest BCUT2D eigenvalue weighted by atomic mass is 10.1. The van der Waals surface area contributed by atoms with Crippen molar-refractivity contribution in [1.82, 2.24) is 0 Å². The summed E-state index contributed by atoms with van der Waals surface area (Å²) in [4.78, 5) is 14.3. The number of aryl methyl sites for hydroxylation is 1. The van der Waals surface area contributed by atoms with Gasteiger partial charge in [-0.2, -0.15) is 0 Å². The summed E-state index contributed by atoms with van der Waals surface area (Å²) in [7, 11) is 1.62. The minimum atomic E-state index is 0.00869. The van der Waals surface area contributed by atoms with Crippen LogP contribution in [-0.4, -0.2) is 12.9 Å². The van der Waals surface area contributed by atoms with Crippen LogP contribution in [0.1, 0.15) is 32.6 Å². The summed E-state index contributed by atoms with van der Waals surface area (Å²) < 4.78 is 11.3. The van der Waals surface area contributed by atoms with Crippen LogP contribution in [0.3, 0.4) is 0 Å². The molecule has 0 spiro atoms. The number of rotatable bonds is 8. The first-order valence-electron chi connectivity index (χ1n) is 8.96.